The molecule has 0 bridgehead atoms. The van der Waals surface area contributed by atoms with E-state index in [-0.39, 0.29) is 25.7 Å². The van der Waals surface area contributed by atoms with Crippen molar-refractivity contribution in [2.75, 3.05) is 13.2 Å². The monoisotopic (exact) mass is 488 g/mol. The van der Waals surface area contributed by atoms with Crippen LogP contribution in [0.1, 0.15) is 50.3 Å². The molecule has 0 aliphatic heterocycles. The molecule has 0 radical (unpaired) electrons. The van der Waals surface area contributed by atoms with Crippen molar-refractivity contribution in [2.45, 2.75) is 51.9 Å². The Kier molecular flexibility index (Phi) is 8.02. The third-order valence-corrected chi connectivity index (χ3v) is 4.51. The van der Waals surface area contributed by atoms with Gasteiger partial charge < -0.3 is 18.3 Å². The maximum absolute atomic E-state index is 12.5. The summed E-state index contributed by atoms with van der Waals surface area (Å²) in [5.74, 6) is -5.93. The van der Waals surface area contributed by atoms with E-state index in [1.807, 2.05) is 0 Å². The Morgan fingerprint density at radius 2 is 1.09 bits per heavy atom. The van der Waals surface area contributed by atoms with Crippen molar-refractivity contribution in [2.24, 2.45) is 5.41 Å². The Hall–Kier alpha value is -3.20. The summed E-state index contributed by atoms with van der Waals surface area (Å²) in [5.41, 5.74) is -1.74. The van der Waals surface area contributed by atoms with Crippen LogP contribution in [0.5, 0.6) is 0 Å². The zero-order chi connectivity index (χ0) is 24.9. The molecule has 0 N–H and O–H groups in total. The van der Waals surface area contributed by atoms with E-state index < -0.39 is 66.5 Å². The second-order valence-electron chi connectivity index (χ2n) is 6.56. The van der Waals surface area contributed by atoms with Gasteiger partial charge in [0.2, 0.25) is 11.8 Å². The zero-order valence-electron chi connectivity index (χ0n) is 17.2. The molecule has 0 aliphatic carbocycles. The molecule has 2 heterocycles. The second-order valence-corrected chi connectivity index (χ2v) is 6.56. The van der Waals surface area contributed by atoms with E-state index >= 15 is 0 Å². The molecule has 0 saturated heterocycles. The molecule has 0 amide bonds. The number of aromatic nitrogens is 4. The SMILES string of the molecule is CCC(CC)(C(=O)OCCc1nnc(C(F)(F)F)o1)C(=O)OCCc1nnc(C(F)(F)F)o1. The van der Waals surface area contributed by atoms with Gasteiger partial charge in [-0.25, -0.2) is 0 Å². The lowest BCUT2D eigenvalue weighted by molar-refractivity contribution is -0.173. The number of esters is 2. The topological polar surface area (TPSA) is 130 Å². The van der Waals surface area contributed by atoms with Crippen LogP contribution < -0.4 is 0 Å². The molecule has 0 atom stereocenters. The van der Waals surface area contributed by atoms with Crippen LogP contribution in [0, 0.1) is 5.41 Å². The van der Waals surface area contributed by atoms with E-state index in [1.165, 1.54) is 13.8 Å². The van der Waals surface area contributed by atoms with Crippen molar-refractivity contribution >= 4 is 11.9 Å². The molecule has 2 aromatic rings. The molecule has 16 heteroatoms. The first-order valence-electron chi connectivity index (χ1n) is 9.47. The Balaban J connectivity index is 1.91. The van der Waals surface area contributed by atoms with Gasteiger partial charge in [0.15, 0.2) is 5.41 Å². The molecular formula is C17H18F6N4O6. The van der Waals surface area contributed by atoms with E-state index in [0.717, 1.165) is 0 Å². The molecule has 2 aromatic heterocycles. The smallest absolute Gasteiger partial charge is 0.464 e. The van der Waals surface area contributed by atoms with Crippen LogP contribution in [0.2, 0.25) is 0 Å². The molecule has 0 aliphatic rings. The van der Waals surface area contributed by atoms with Crippen molar-refractivity contribution in [3.63, 3.8) is 0 Å². The van der Waals surface area contributed by atoms with Gasteiger partial charge in [-0.05, 0) is 12.8 Å². The lowest BCUT2D eigenvalue weighted by Crippen LogP contribution is -2.41. The number of carbonyl (C=O) groups excluding carboxylic acids is 2. The minimum atomic E-state index is -4.82. The quantitative estimate of drug-likeness (QED) is 0.279. The van der Waals surface area contributed by atoms with Gasteiger partial charge in [0.1, 0.15) is 13.2 Å². The Bertz CT molecular complexity index is 878. The highest BCUT2D eigenvalue weighted by molar-refractivity contribution is 6.00. The number of alkyl halides is 6. The summed E-state index contributed by atoms with van der Waals surface area (Å²) in [6.45, 7) is 2.12. The standard InChI is InChI=1S/C17H18F6N4O6/c1-3-15(4-2,13(28)30-7-5-9-24-26-11(32-9)16(18,19)20)14(29)31-8-6-10-25-27-12(33-10)17(21,22)23/h3-8H2,1-2H3. The number of hydrogen-bond donors (Lipinski definition) is 0. The van der Waals surface area contributed by atoms with Crippen LogP contribution in [0.25, 0.3) is 0 Å². The molecule has 0 saturated carbocycles. The van der Waals surface area contributed by atoms with Crippen molar-refractivity contribution < 1.29 is 54.2 Å². The maximum Gasteiger partial charge on any atom is 0.470 e. The fraction of sp³-hybridized carbons (Fsp3) is 0.647. The van der Waals surface area contributed by atoms with E-state index in [4.69, 9.17) is 9.47 Å². The van der Waals surface area contributed by atoms with Gasteiger partial charge in [-0.1, -0.05) is 13.8 Å². The maximum atomic E-state index is 12.5. The van der Waals surface area contributed by atoms with Gasteiger partial charge >= 0.3 is 36.1 Å². The van der Waals surface area contributed by atoms with E-state index in [0.29, 0.717) is 0 Å². The van der Waals surface area contributed by atoms with Crippen molar-refractivity contribution in [1.29, 1.82) is 0 Å². The number of halogens is 6. The molecule has 0 unspecified atom stereocenters. The van der Waals surface area contributed by atoms with Crippen LogP contribution >= 0.6 is 0 Å². The van der Waals surface area contributed by atoms with Crippen LogP contribution in [0.4, 0.5) is 26.3 Å². The molecule has 0 spiro atoms. The number of ether oxygens (including phenoxy) is 2. The second kappa shape index (κ2) is 10.2. The lowest BCUT2D eigenvalue weighted by Gasteiger charge is -2.26. The largest absolute Gasteiger partial charge is 0.470 e. The molecular weight excluding hydrogens is 470 g/mol. The highest BCUT2D eigenvalue weighted by Gasteiger charge is 2.46. The Labute approximate surface area is 181 Å². The van der Waals surface area contributed by atoms with Crippen molar-refractivity contribution in [3.05, 3.63) is 23.6 Å². The molecule has 2 rings (SSSR count). The summed E-state index contributed by atoms with van der Waals surface area (Å²) in [7, 11) is 0. The normalized spacial score (nSPS) is 12.6. The fourth-order valence-corrected chi connectivity index (χ4v) is 2.59. The summed E-state index contributed by atoms with van der Waals surface area (Å²) in [6, 6.07) is 0. The minimum Gasteiger partial charge on any atom is -0.464 e. The molecule has 10 nitrogen and oxygen atoms in total. The van der Waals surface area contributed by atoms with E-state index in [2.05, 4.69) is 29.2 Å². The van der Waals surface area contributed by atoms with Crippen molar-refractivity contribution in [1.82, 2.24) is 20.4 Å². The predicted octanol–water partition coefficient (Wildman–Crippen LogP) is 3.17. The third kappa shape index (κ3) is 6.41. The molecule has 0 fully saturated rings. The number of carbonyl (C=O) groups is 2. The average Bonchev–Trinajstić information content (AvgIpc) is 3.39. The fourth-order valence-electron chi connectivity index (χ4n) is 2.59. The third-order valence-electron chi connectivity index (χ3n) is 4.51. The summed E-state index contributed by atoms with van der Waals surface area (Å²) in [4.78, 5) is 25.1. The Morgan fingerprint density at radius 1 is 0.727 bits per heavy atom. The molecule has 33 heavy (non-hydrogen) atoms. The molecule has 0 aromatic carbocycles. The van der Waals surface area contributed by atoms with Crippen LogP contribution in [-0.4, -0.2) is 45.5 Å². The first-order chi connectivity index (χ1) is 15.3. The summed E-state index contributed by atoms with van der Waals surface area (Å²) >= 11 is 0. The average molecular weight is 488 g/mol. The van der Waals surface area contributed by atoms with Gasteiger partial charge in [-0.2, -0.15) is 26.3 Å². The van der Waals surface area contributed by atoms with Gasteiger partial charge in [0.25, 0.3) is 0 Å². The lowest BCUT2D eigenvalue weighted by atomic mass is 9.82. The Morgan fingerprint density at radius 3 is 1.36 bits per heavy atom. The van der Waals surface area contributed by atoms with Crippen LogP contribution in [0.3, 0.4) is 0 Å². The highest BCUT2D eigenvalue weighted by Crippen LogP contribution is 2.31. The molecule has 184 valence electrons. The minimum absolute atomic E-state index is 0.0429. The highest BCUT2D eigenvalue weighted by atomic mass is 19.4. The van der Waals surface area contributed by atoms with Gasteiger partial charge in [0.05, 0.1) is 12.8 Å². The van der Waals surface area contributed by atoms with Crippen LogP contribution in [-0.2, 0) is 44.3 Å². The summed E-state index contributed by atoms with van der Waals surface area (Å²) in [5, 5.41) is 12.1. The van der Waals surface area contributed by atoms with Crippen molar-refractivity contribution in [3.8, 4) is 0 Å². The van der Waals surface area contributed by atoms with Gasteiger partial charge in [0, 0.05) is 0 Å². The number of nitrogens with zero attached hydrogens (tertiary/aromatic N) is 4. The van der Waals surface area contributed by atoms with E-state index in [1.54, 1.807) is 0 Å². The van der Waals surface area contributed by atoms with E-state index in [9.17, 15) is 35.9 Å². The van der Waals surface area contributed by atoms with Gasteiger partial charge in [-0.3, -0.25) is 9.59 Å². The number of hydrogen-bond acceptors (Lipinski definition) is 10. The van der Waals surface area contributed by atoms with Crippen LogP contribution in [0.15, 0.2) is 8.83 Å². The number of rotatable bonds is 10. The zero-order valence-corrected chi connectivity index (χ0v) is 17.2. The predicted molar refractivity (Wildman–Crippen MR) is 90.9 cm³/mol. The van der Waals surface area contributed by atoms with Gasteiger partial charge in [-0.15, -0.1) is 20.4 Å². The first-order valence-corrected chi connectivity index (χ1v) is 9.47. The summed E-state index contributed by atoms with van der Waals surface area (Å²) in [6.07, 6.45) is -10.4. The first kappa shape index (κ1) is 26.1. The summed E-state index contributed by atoms with van der Waals surface area (Å²) < 4.78 is 93.6.